The molecule has 1 fully saturated rings. The van der Waals surface area contributed by atoms with Gasteiger partial charge in [0.25, 0.3) is 0 Å². The quantitative estimate of drug-likeness (QED) is 0.516. The number of hydrogen-bond donors (Lipinski definition) is 2. The summed E-state index contributed by atoms with van der Waals surface area (Å²) in [5.41, 5.74) is 7.12. The van der Waals surface area contributed by atoms with Crippen molar-refractivity contribution in [3.8, 4) is 0 Å². The van der Waals surface area contributed by atoms with Gasteiger partial charge in [-0.25, -0.2) is 4.79 Å². The molecule has 0 aromatic carbocycles. The topological polar surface area (TPSA) is 80.7 Å². The highest BCUT2D eigenvalue weighted by Crippen LogP contribution is 2.21. The summed E-state index contributed by atoms with van der Waals surface area (Å²) >= 11 is 0. The van der Waals surface area contributed by atoms with Crippen molar-refractivity contribution in [3.05, 3.63) is 79.2 Å². The molecule has 4 rings (SSSR count). The highest BCUT2D eigenvalue weighted by Gasteiger charge is 2.24. The summed E-state index contributed by atoms with van der Waals surface area (Å²) in [5.74, 6) is 0.459. The Kier molecular flexibility index (Phi) is 12.5. The fourth-order valence-electron chi connectivity index (χ4n) is 3.22. The van der Waals surface area contributed by atoms with E-state index < -0.39 is 0 Å². The smallest absolute Gasteiger partial charge is 0.337 e. The average Bonchev–Trinajstić information content (AvgIpc) is 3.49. The van der Waals surface area contributed by atoms with Crippen molar-refractivity contribution in [2.24, 2.45) is 5.73 Å². The number of furan rings is 1. The largest absolute Gasteiger partial charge is 0.465 e. The van der Waals surface area contributed by atoms with Crippen LogP contribution in [-0.2, 0) is 9.53 Å². The molecule has 1 aromatic heterocycles. The van der Waals surface area contributed by atoms with E-state index in [-0.39, 0.29) is 12.1 Å². The first-order valence-electron chi connectivity index (χ1n) is 10.9. The van der Waals surface area contributed by atoms with E-state index >= 15 is 0 Å². The van der Waals surface area contributed by atoms with Crippen LogP contribution >= 0.6 is 0 Å². The zero-order valence-electron chi connectivity index (χ0n) is 19.0. The van der Waals surface area contributed by atoms with E-state index in [4.69, 9.17) is 14.9 Å². The standard InChI is InChI=1S/C15H14N2O3.C6H13N.C2H6.C2H4/c1-19-15(18)11-6-7-17-10-12(16-14(17)9-11)4-5-13-3-2-8-20-13;7-6-4-2-1-3-5-6;2*1-2/h2-10,14,16H,1H3;6H,1-5,7H2;1-2H3;1-2H2/b5-4+;;;. The molecule has 31 heavy (non-hydrogen) atoms. The van der Waals surface area contributed by atoms with Crippen LogP contribution in [0.15, 0.2) is 77.9 Å². The van der Waals surface area contributed by atoms with Gasteiger partial charge in [0.2, 0.25) is 0 Å². The molecular formula is C25H37N3O3. The fourth-order valence-corrected chi connectivity index (χ4v) is 3.22. The maximum atomic E-state index is 11.5. The lowest BCUT2D eigenvalue weighted by atomic mass is 9.97. The lowest BCUT2D eigenvalue weighted by Gasteiger charge is -2.22. The van der Waals surface area contributed by atoms with Gasteiger partial charge >= 0.3 is 5.97 Å². The molecule has 1 unspecified atom stereocenters. The normalized spacial score (nSPS) is 19.2. The monoisotopic (exact) mass is 427 g/mol. The first-order valence-corrected chi connectivity index (χ1v) is 10.9. The van der Waals surface area contributed by atoms with E-state index in [0.29, 0.717) is 11.6 Å². The second-order valence-electron chi connectivity index (χ2n) is 6.80. The Labute approximate surface area is 186 Å². The summed E-state index contributed by atoms with van der Waals surface area (Å²) in [6, 6.07) is 4.26. The van der Waals surface area contributed by atoms with Gasteiger partial charge in [0.15, 0.2) is 0 Å². The van der Waals surface area contributed by atoms with Gasteiger partial charge in [0.05, 0.1) is 24.6 Å². The van der Waals surface area contributed by atoms with Crippen LogP contribution in [0, 0.1) is 0 Å². The van der Waals surface area contributed by atoms with E-state index in [9.17, 15) is 4.79 Å². The third kappa shape index (κ3) is 8.72. The fraction of sp³-hybridized carbons (Fsp3) is 0.400. The highest BCUT2D eigenvalue weighted by molar-refractivity contribution is 5.91. The minimum Gasteiger partial charge on any atom is -0.465 e. The Morgan fingerprint density at radius 1 is 1.26 bits per heavy atom. The number of allylic oxidation sites excluding steroid dienone is 1. The number of nitrogens with zero attached hydrogens (tertiary/aromatic N) is 1. The molecule has 6 nitrogen and oxygen atoms in total. The van der Waals surface area contributed by atoms with Crippen LogP contribution in [0.4, 0.5) is 0 Å². The van der Waals surface area contributed by atoms with Gasteiger partial charge in [0, 0.05) is 18.4 Å². The van der Waals surface area contributed by atoms with E-state index in [1.54, 1.807) is 12.3 Å². The Bertz CT molecular complexity index is 757. The van der Waals surface area contributed by atoms with Gasteiger partial charge in [-0.3, -0.25) is 0 Å². The summed E-state index contributed by atoms with van der Waals surface area (Å²) in [4.78, 5) is 13.5. The van der Waals surface area contributed by atoms with Crippen molar-refractivity contribution in [2.75, 3.05) is 7.11 Å². The molecule has 2 aliphatic heterocycles. The zero-order valence-corrected chi connectivity index (χ0v) is 19.0. The first kappa shape index (κ1) is 26.0. The van der Waals surface area contributed by atoms with Crippen molar-refractivity contribution in [2.45, 2.75) is 58.2 Å². The van der Waals surface area contributed by atoms with Gasteiger partial charge in [-0.15, -0.1) is 13.2 Å². The molecule has 0 bridgehead atoms. The van der Waals surface area contributed by atoms with E-state index in [0.717, 1.165) is 11.5 Å². The molecule has 0 spiro atoms. The number of ether oxygens (including phenoxy) is 1. The molecule has 0 saturated heterocycles. The Morgan fingerprint density at radius 3 is 2.52 bits per heavy atom. The minimum atomic E-state index is -0.331. The van der Waals surface area contributed by atoms with Gasteiger partial charge in [-0.05, 0) is 49.3 Å². The van der Waals surface area contributed by atoms with Crippen LogP contribution in [0.3, 0.4) is 0 Å². The number of carbonyl (C=O) groups is 1. The molecular weight excluding hydrogens is 390 g/mol. The number of hydrogen-bond acceptors (Lipinski definition) is 6. The molecule has 1 saturated carbocycles. The van der Waals surface area contributed by atoms with E-state index in [1.807, 2.05) is 61.5 Å². The minimum absolute atomic E-state index is 0.0645. The number of methoxy groups -OCH3 is 1. The van der Waals surface area contributed by atoms with Crippen LogP contribution in [-0.4, -0.2) is 30.2 Å². The molecule has 1 atom stereocenters. The van der Waals surface area contributed by atoms with Crippen molar-refractivity contribution >= 4 is 12.0 Å². The highest BCUT2D eigenvalue weighted by atomic mass is 16.5. The van der Waals surface area contributed by atoms with Gasteiger partial charge in [-0.2, -0.15) is 0 Å². The molecule has 1 aliphatic carbocycles. The van der Waals surface area contributed by atoms with Gasteiger partial charge in [-0.1, -0.05) is 33.1 Å². The molecule has 3 aliphatic rings. The maximum absolute atomic E-state index is 11.5. The number of rotatable bonds is 3. The summed E-state index contributed by atoms with van der Waals surface area (Å²) in [6.45, 7) is 10.0. The first-order chi connectivity index (χ1) is 15.2. The third-order valence-electron chi connectivity index (χ3n) is 4.73. The van der Waals surface area contributed by atoms with Crippen LogP contribution in [0.25, 0.3) is 6.08 Å². The van der Waals surface area contributed by atoms with E-state index in [2.05, 4.69) is 18.5 Å². The SMILES string of the molecule is C=C.CC.COC(=O)C1=CC2NC(/C=C/c3ccco3)=CN2C=C1.NC1CCCCC1. The Morgan fingerprint density at radius 2 is 1.97 bits per heavy atom. The number of nitrogens with one attached hydrogen (secondary N) is 1. The second-order valence-corrected chi connectivity index (χ2v) is 6.80. The summed E-state index contributed by atoms with van der Waals surface area (Å²) < 4.78 is 9.95. The van der Waals surface area contributed by atoms with Crippen LogP contribution in [0.5, 0.6) is 0 Å². The molecule has 6 heteroatoms. The van der Waals surface area contributed by atoms with Crippen molar-refractivity contribution in [1.82, 2.24) is 10.2 Å². The van der Waals surface area contributed by atoms with Crippen LogP contribution in [0.2, 0.25) is 0 Å². The van der Waals surface area contributed by atoms with E-state index in [1.165, 1.54) is 39.2 Å². The molecule has 170 valence electrons. The third-order valence-corrected chi connectivity index (χ3v) is 4.73. The summed E-state index contributed by atoms with van der Waals surface area (Å²) in [5, 5.41) is 3.29. The average molecular weight is 428 g/mol. The summed E-state index contributed by atoms with van der Waals surface area (Å²) in [7, 11) is 1.38. The maximum Gasteiger partial charge on any atom is 0.337 e. The molecule has 3 N–H and O–H groups in total. The lowest BCUT2D eigenvalue weighted by molar-refractivity contribution is -0.135. The Hall–Kier alpha value is -2.99. The van der Waals surface area contributed by atoms with Gasteiger partial charge in [0.1, 0.15) is 11.9 Å². The number of carbonyl (C=O) groups excluding carboxylic acids is 1. The van der Waals surface area contributed by atoms with Crippen LogP contribution in [0.1, 0.15) is 51.7 Å². The van der Waals surface area contributed by atoms with Crippen molar-refractivity contribution in [1.29, 1.82) is 0 Å². The Balaban J connectivity index is 0.000000366. The van der Waals surface area contributed by atoms with Crippen LogP contribution < -0.4 is 11.1 Å². The number of esters is 1. The summed E-state index contributed by atoms with van der Waals surface area (Å²) in [6.07, 6.45) is 19.4. The number of fused-ring (bicyclic) bond motifs is 1. The molecule has 0 amide bonds. The molecule has 0 radical (unpaired) electrons. The van der Waals surface area contributed by atoms with Crippen molar-refractivity contribution < 1.29 is 13.9 Å². The lowest BCUT2D eigenvalue weighted by Crippen LogP contribution is -2.33. The predicted octanol–water partition coefficient (Wildman–Crippen LogP) is 5.10. The number of nitrogens with two attached hydrogens (primary N) is 1. The van der Waals surface area contributed by atoms with Gasteiger partial charge < -0.3 is 25.1 Å². The molecule has 1 aromatic rings. The van der Waals surface area contributed by atoms with Crippen molar-refractivity contribution in [3.63, 3.8) is 0 Å². The predicted molar refractivity (Wildman–Crippen MR) is 127 cm³/mol. The zero-order chi connectivity index (χ0) is 23.1. The second kappa shape index (κ2) is 14.9. The molecule has 3 heterocycles.